The molecule has 1 aliphatic rings. The lowest BCUT2D eigenvalue weighted by molar-refractivity contribution is -0.118. The van der Waals surface area contributed by atoms with E-state index in [0.717, 1.165) is 63.2 Å². The number of hydrogen-bond acceptors (Lipinski definition) is 10. The Labute approximate surface area is 255 Å². The highest BCUT2D eigenvalue weighted by Gasteiger charge is 2.29. The van der Waals surface area contributed by atoms with E-state index in [1.54, 1.807) is 11.3 Å². The molecule has 1 amide bonds. The number of amides is 1. The van der Waals surface area contributed by atoms with E-state index in [1.165, 1.54) is 11.3 Å². The average Bonchev–Trinajstić information content (AvgIpc) is 3.63. The maximum absolute atomic E-state index is 12.7. The molecule has 1 aliphatic carbocycles. The van der Waals surface area contributed by atoms with E-state index < -0.39 is 0 Å². The zero-order valence-corrected chi connectivity index (χ0v) is 26.2. The van der Waals surface area contributed by atoms with Gasteiger partial charge in [0.15, 0.2) is 0 Å². The smallest absolute Gasteiger partial charge is 0.230 e. The van der Waals surface area contributed by atoms with Crippen molar-refractivity contribution in [3.05, 3.63) is 74.7 Å². The van der Waals surface area contributed by atoms with Gasteiger partial charge in [-0.25, -0.2) is 0 Å². The predicted octanol–water partition coefficient (Wildman–Crippen LogP) is 5.50. The van der Waals surface area contributed by atoms with Crippen LogP contribution in [0.5, 0.6) is 0 Å². The van der Waals surface area contributed by atoms with Crippen molar-refractivity contribution in [2.75, 3.05) is 43.3 Å². The molecule has 0 unspecified atom stereocenters. The Morgan fingerprint density at radius 1 is 0.738 bits per heavy atom. The number of rotatable bonds is 11. The maximum atomic E-state index is 12.7. The molecule has 0 saturated heterocycles. The predicted molar refractivity (Wildman–Crippen MR) is 170 cm³/mol. The molecule has 11 heteroatoms. The molecule has 0 aliphatic heterocycles. The molecule has 2 aromatic heterocycles. The van der Waals surface area contributed by atoms with Crippen molar-refractivity contribution in [2.24, 2.45) is 0 Å². The number of anilines is 3. The monoisotopic (exact) mass is 603 g/mol. The van der Waals surface area contributed by atoms with Crippen LogP contribution in [0.1, 0.15) is 63.7 Å². The summed E-state index contributed by atoms with van der Waals surface area (Å²) in [4.78, 5) is 29.4. The van der Waals surface area contributed by atoms with Gasteiger partial charge in [-0.1, -0.05) is 42.0 Å². The van der Waals surface area contributed by atoms with Crippen molar-refractivity contribution in [1.29, 1.82) is 0 Å². The molecule has 42 heavy (non-hydrogen) atoms. The largest absolute Gasteiger partial charge is 0.378 e. The molecule has 1 saturated carbocycles. The van der Waals surface area contributed by atoms with Crippen LogP contribution < -0.4 is 15.1 Å². The standard InChI is InChI=1S/C31H37N7O2S2/c1-37(2)24-12-8-20(9-13-24)16-26(39)19-28-33-34-29(41-28)22-6-5-7-23(18-22)30-35-36-31(42-30)32-27(40)17-21-10-14-25(15-11-21)38(3)4/h8-15,22-23H,5-7,16-19H2,1-4H3,(H,32,36,40)/t22-,23-/m0/s1. The molecule has 2 atom stereocenters. The molecule has 5 rings (SSSR count). The highest BCUT2D eigenvalue weighted by atomic mass is 32.1. The van der Waals surface area contributed by atoms with Gasteiger partial charge in [0.2, 0.25) is 11.0 Å². The van der Waals surface area contributed by atoms with Gasteiger partial charge in [-0.2, -0.15) is 0 Å². The van der Waals surface area contributed by atoms with Crippen molar-refractivity contribution < 1.29 is 9.59 Å². The second-order valence-corrected chi connectivity index (χ2v) is 13.4. The molecule has 2 heterocycles. The normalized spacial score (nSPS) is 16.7. The van der Waals surface area contributed by atoms with Gasteiger partial charge in [0.05, 0.1) is 12.8 Å². The Balaban J connectivity index is 1.12. The topological polar surface area (TPSA) is 104 Å². The van der Waals surface area contributed by atoms with E-state index in [2.05, 4.69) is 25.7 Å². The quantitative estimate of drug-likeness (QED) is 0.240. The van der Waals surface area contributed by atoms with Crippen LogP contribution in [0.25, 0.3) is 0 Å². The highest BCUT2D eigenvalue weighted by molar-refractivity contribution is 7.15. The van der Waals surface area contributed by atoms with Crippen LogP contribution >= 0.6 is 22.7 Å². The zero-order valence-electron chi connectivity index (χ0n) is 24.5. The molecule has 0 bridgehead atoms. The molecule has 1 N–H and O–H groups in total. The number of carbonyl (C=O) groups excluding carboxylic acids is 2. The van der Waals surface area contributed by atoms with Crippen molar-refractivity contribution in [3.8, 4) is 0 Å². The van der Waals surface area contributed by atoms with Gasteiger partial charge in [0.25, 0.3) is 0 Å². The maximum Gasteiger partial charge on any atom is 0.230 e. The van der Waals surface area contributed by atoms with Gasteiger partial charge in [-0.3, -0.25) is 9.59 Å². The van der Waals surface area contributed by atoms with Gasteiger partial charge in [0.1, 0.15) is 20.8 Å². The summed E-state index contributed by atoms with van der Waals surface area (Å²) >= 11 is 3.01. The van der Waals surface area contributed by atoms with Crippen LogP contribution in [-0.2, 0) is 28.9 Å². The minimum atomic E-state index is -0.0988. The summed E-state index contributed by atoms with van der Waals surface area (Å²) in [6.45, 7) is 0. The molecule has 2 aromatic carbocycles. The number of ketones is 1. The van der Waals surface area contributed by atoms with Crippen LogP contribution in [-0.4, -0.2) is 60.3 Å². The van der Waals surface area contributed by atoms with Crippen LogP contribution in [0.4, 0.5) is 16.5 Å². The Morgan fingerprint density at radius 3 is 1.88 bits per heavy atom. The number of benzene rings is 2. The van der Waals surface area contributed by atoms with Gasteiger partial charge in [-0.15, -0.1) is 31.7 Å². The molecule has 0 radical (unpaired) electrons. The Hall–Kier alpha value is -3.70. The Kier molecular flexibility index (Phi) is 9.58. The number of nitrogens with zero attached hydrogens (tertiary/aromatic N) is 6. The lowest BCUT2D eigenvalue weighted by atomic mass is 9.82. The third kappa shape index (κ3) is 7.77. The molecule has 220 valence electrons. The summed E-state index contributed by atoms with van der Waals surface area (Å²) in [5.41, 5.74) is 4.17. The van der Waals surface area contributed by atoms with E-state index in [-0.39, 0.29) is 23.5 Å². The fourth-order valence-electron chi connectivity index (χ4n) is 5.22. The zero-order chi connectivity index (χ0) is 29.6. The Bertz CT molecular complexity index is 1380. The van der Waals surface area contributed by atoms with E-state index in [0.29, 0.717) is 24.4 Å². The molecular weight excluding hydrogens is 567 g/mol. The third-order valence-corrected chi connectivity index (χ3v) is 9.65. The number of hydrogen-bond donors (Lipinski definition) is 1. The van der Waals surface area contributed by atoms with Crippen LogP contribution in [0, 0.1) is 0 Å². The average molecular weight is 604 g/mol. The summed E-state index contributed by atoms with van der Waals surface area (Å²) in [5.74, 6) is 0.601. The van der Waals surface area contributed by atoms with Gasteiger partial charge in [-0.05, 0) is 54.7 Å². The summed E-state index contributed by atoms with van der Waals surface area (Å²) in [6, 6.07) is 16.1. The minimum Gasteiger partial charge on any atom is -0.378 e. The van der Waals surface area contributed by atoms with Crippen molar-refractivity contribution in [1.82, 2.24) is 20.4 Å². The Morgan fingerprint density at radius 2 is 1.29 bits per heavy atom. The third-order valence-electron chi connectivity index (χ3n) is 7.56. The first-order valence-electron chi connectivity index (χ1n) is 14.2. The number of aromatic nitrogens is 4. The number of nitrogens with one attached hydrogen (secondary N) is 1. The minimum absolute atomic E-state index is 0.0988. The van der Waals surface area contributed by atoms with E-state index in [1.807, 2.05) is 86.5 Å². The molecule has 4 aromatic rings. The summed E-state index contributed by atoms with van der Waals surface area (Å²) < 4.78 is 0. The fraction of sp³-hybridized carbons (Fsp3) is 0.419. The molecule has 0 spiro atoms. The van der Waals surface area contributed by atoms with Crippen LogP contribution in [0.3, 0.4) is 0 Å². The first-order valence-corrected chi connectivity index (χ1v) is 15.9. The first kappa shape index (κ1) is 29.8. The lowest BCUT2D eigenvalue weighted by Gasteiger charge is -2.25. The highest BCUT2D eigenvalue weighted by Crippen LogP contribution is 2.43. The van der Waals surface area contributed by atoms with Gasteiger partial charge in [0, 0.05) is 57.8 Å². The molecule has 1 fully saturated rings. The lowest BCUT2D eigenvalue weighted by Crippen LogP contribution is -2.14. The second-order valence-electron chi connectivity index (χ2n) is 11.3. The molecule has 9 nitrogen and oxygen atoms in total. The summed E-state index contributed by atoms with van der Waals surface area (Å²) in [5, 5.41) is 23.7. The van der Waals surface area contributed by atoms with Crippen LogP contribution in [0.2, 0.25) is 0 Å². The SMILES string of the molecule is CN(C)c1ccc(CC(=O)Cc2nnc([C@H]3CCC[C@H](c4nnc(NC(=O)Cc5ccc(N(C)C)cc5)s4)C3)s2)cc1. The number of carbonyl (C=O) groups is 2. The van der Waals surface area contributed by atoms with Crippen molar-refractivity contribution in [3.63, 3.8) is 0 Å². The van der Waals surface area contributed by atoms with E-state index in [4.69, 9.17) is 0 Å². The summed E-state index contributed by atoms with van der Waals surface area (Å²) in [7, 11) is 7.98. The molecular formula is C31H37N7O2S2. The number of Topliss-reactive ketones (excluding diaryl/α,β-unsaturated/α-hetero) is 1. The van der Waals surface area contributed by atoms with Gasteiger partial charge < -0.3 is 15.1 Å². The van der Waals surface area contributed by atoms with Crippen molar-refractivity contribution >= 4 is 50.9 Å². The van der Waals surface area contributed by atoms with Gasteiger partial charge >= 0.3 is 0 Å². The van der Waals surface area contributed by atoms with E-state index in [9.17, 15) is 9.59 Å². The van der Waals surface area contributed by atoms with Crippen LogP contribution in [0.15, 0.2) is 48.5 Å². The fourth-order valence-corrected chi connectivity index (χ4v) is 7.15. The first-order chi connectivity index (χ1) is 20.2. The van der Waals surface area contributed by atoms with E-state index >= 15 is 0 Å². The second kappa shape index (κ2) is 13.5. The summed E-state index contributed by atoms with van der Waals surface area (Å²) in [6.07, 6.45) is 5.06. The van der Waals surface area contributed by atoms with Crippen molar-refractivity contribution in [2.45, 2.75) is 56.8 Å².